The monoisotopic (exact) mass is 310 g/mol. The predicted molar refractivity (Wildman–Crippen MR) is 68.1 cm³/mol. The van der Waals surface area contributed by atoms with Crippen LogP contribution >= 0.6 is 23.5 Å². The highest BCUT2D eigenvalue weighted by atomic mass is 32.2. The van der Waals surface area contributed by atoms with E-state index in [1.165, 1.54) is 41.2 Å². The van der Waals surface area contributed by atoms with Gasteiger partial charge in [0.1, 0.15) is 17.7 Å². The van der Waals surface area contributed by atoms with Gasteiger partial charge in [-0.2, -0.15) is 14.3 Å². The maximum absolute atomic E-state index is 5.36. The van der Waals surface area contributed by atoms with Crippen LogP contribution in [0.25, 0.3) is 0 Å². The molecule has 0 aliphatic carbocycles. The first kappa shape index (κ1) is 11.8. The Balaban J connectivity index is 1.71. The molecule has 2 aliphatic rings. The number of hydrogen-bond acceptors (Lipinski definition) is 12. The maximum Gasteiger partial charge on any atom is 0.167 e. The third kappa shape index (κ3) is 1.85. The van der Waals surface area contributed by atoms with Crippen molar-refractivity contribution in [3.63, 3.8) is 0 Å². The van der Waals surface area contributed by atoms with Crippen LogP contribution in [0.5, 0.6) is 0 Å². The third-order valence-electron chi connectivity index (χ3n) is 2.57. The Morgan fingerprint density at radius 3 is 3.10 bits per heavy atom. The van der Waals surface area contributed by atoms with Crippen molar-refractivity contribution < 1.29 is 9.57 Å². The van der Waals surface area contributed by atoms with Gasteiger partial charge >= 0.3 is 0 Å². The molecule has 2 aliphatic heterocycles. The molecule has 1 N–H and O–H groups in total. The molecule has 0 aromatic carbocycles. The molecule has 102 valence electrons. The molecule has 1 atom stereocenters. The lowest BCUT2D eigenvalue weighted by Crippen LogP contribution is -2.43. The fourth-order valence-corrected chi connectivity index (χ4v) is 2.76. The van der Waals surface area contributed by atoms with E-state index < -0.39 is 6.04 Å². The van der Waals surface area contributed by atoms with Gasteiger partial charge in [-0.15, -0.1) is 0 Å². The summed E-state index contributed by atoms with van der Waals surface area (Å²) in [5.74, 6) is 0. The molecule has 0 spiro atoms. The molecule has 2 aromatic heterocycles. The highest BCUT2D eigenvalue weighted by Crippen LogP contribution is 2.32. The Kier molecular flexibility index (Phi) is 2.84. The van der Waals surface area contributed by atoms with Crippen LogP contribution in [0.1, 0.15) is 16.7 Å². The highest BCUT2D eigenvalue weighted by molar-refractivity contribution is 8.00. The standard InChI is InChI=1S/C8H6N8O2S2/c1-2-19-14-15(1)16-7(5-3-10-17-12-5)6(13-18-16)8-9-4-11-20-8/h1-4,7,14H. The first-order valence-corrected chi connectivity index (χ1v) is 7.04. The number of rotatable bonds is 3. The van der Waals surface area contributed by atoms with Gasteiger partial charge in [-0.25, -0.2) is 9.61 Å². The third-order valence-corrected chi connectivity index (χ3v) is 3.81. The average Bonchev–Trinajstić information content (AvgIpc) is 3.23. The van der Waals surface area contributed by atoms with Crippen molar-refractivity contribution in [2.24, 2.45) is 5.16 Å². The van der Waals surface area contributed by atoms with Crippen molar-refractivity contribution >= 4 is 29.2 Å². The molecule has 4 rings (SSSR count). The molecular weight excluding hydrogens is 304 g/mol. The van der Waals surface area contributed by atoms with E-state index in [0.29, 0.717) is 16.4 Å². The number of nitrogens with zero attached hydrogens (tertiary/aromatic N) is 7. The van der Waals surface area contributed by atoms with E-state index in [2.05, 4.69) is 34.3 Å². The van der Waals surface area contributed by atoms with Gasteiger partial charge in [-0.1, -0.05) is 15.5 Å². The summed E-state index contributed by atoms with van der Waals surface area (Å²) in [5, 5.41) is 17.2. The van der Waals surface area contributed by atoms with Gasteiger partial charge in [-0.3, -0.25) is 4.94 Å². The summed E-state index contributed by atoms with van der Waals surface area (Å²) in [4.78, 5) is 12.5. The van der Waals surface area contributed by atoms with E-state index in [9.17, 15) is 0 Å². The van der Waals surface area contributed by atoms with Crippen molar-refractivity contribution in [1.82, 2.24) is 34.8 Å². The van der Waals surface area contributed by atoms with Gasteiger partial charge in [0.15, 0.2) is 11.0 Å². The Morgan fingerprint density at radius 2 is 2.40 bits per heavy atom. The van der Waals surface area contributed by atoms with Crippen LogP contribution in [0.4, 0.5) is 0 Å². The van der Waals surface area contributed by atoms with E-state index in [4.69, 9.17) is 4.94 Å². The molecule has 0 bridgehead atoms. The molecule has 1 unspecified atom stereocenters. The SMILES string of the molecule is C1=CN(N2ON=C(c3ncns3)C2c2cnon2)NS1. The van der Waals surface area contributed by atoms with Crippen LogP contribution in [0.3, 0.4) is 0 Å². The lowest BCUT2D eigenvalue weighted by atomic mass is 10.1. The molecule has 0 fully saturated rings. The summed E-state index contributed by atoms with van der Waals surface area (Å²) in [5.41, 5.74) is 1.15. The minimum absolute atomic E-state index is 0.426. The summed E-state index contributed by atoms with van der Waals surface area (Å²) in [6.45, 7) is 0. The molecular formula is C8H6N8O2S2. The fraction of sp³-hybridized carbons (Fsp3) is 0.125. The van der Waals surface area contributed by atoms with Gasteiger partial charge in [0, 0.05) is 16.8 Å². The van der Waals surface area contributed by atoms with Gasteiger partial charge in [0.2, 0.25) is 0 Å². The normalized spacial score (nSPS) is 22.3. The van der Waals surface area contributed by atoms with Gasteiger partial charge in [-0.05, 0) is 23.5 Å². The van der Waals surface area contributed by atoms with Crippen LogP contribution in [-0.4, -0.2) is 35.7 Å². The highest BCUT2D eigenvalue weighted by Gasteiger charge is 2.42. The lowest BCUT2D eigenvalue weighted by Gasteiger charge is -2.26. The maximum atomic E-state index is 5.36. The van der Waals surface area contributed by atoms with E-state index in [1.54, 1.807) is 11.3 Å². The van der Waals surface area contributed by atoms with Gasteiger partial charge in [0.25, 0.3) is 0 Å². The second-order valence-corrected chi connectivity index (χ2v) is 5.15. The topological polar surface area (TPSA) is 105 Å². The summed E-state index contributed by atoms with van der Waals surface area (Å²) in [6.07, 6.45) is 4.77. The van der Waals surface area contributed by atoms with Gasteiger partial charge < -0.3 is 0 Å². The van der Waals surface area contributed by atoms with E-state index >= 15 is 0 Å². The van der Waals surface area contributed by atoms with Crippen molar-refractivity contribution in [2.75, 3.05) is 0 Å². The molecule has 0 amide bonds. The molecule has 0 radical (unpaired) electrons. The summed E-state index contributed by atoms with van der Waals surface area (Å²) >= 11 is 2.63. The van der Waals surface area contributed by atoms with Crippen LogP contribution in [0.2, 0.25) is 0 Å². The minimum Gasteiger partial charge on any atom is -0.274 e. The molecule has 2 aromatic rings. The Bertz CT molecular complexity index is 642. The van der Waals surface area contributed by atoms with Crippen LogP contribution in [-0.2, 0) is 4.94 Å². The van der Waals surface area contributed by atoms with Crippen LogP contribution in [0.15, 0.2) is 33.9 Å². The number of aromatic nitrogens is 4. The van der Waals surface area contributed by atoms with Crippen LogP contribution < -0.4 is 4.83 Å². The fourth-order valence-electron chi connectivity index (χ4n) is 1.75. The number of hydroxylamine groups is 1. The smallest absolute Gasteiger partial charge is 0.167 e. The number of hydrazine groups is 2. The second-order valence-electron chi connectivity index (χ2n) is 3.68. The van der Waals surface area contributed by atoms with E-state index in [0.717, 1.165) is 0 Å². The average molecular weight is 310 g/mol. The van der Waals surface area contributed by atoms with Crippen molar-refractivity contribution in [3.8, 4) is 0 Å². The Morgan fingerprint density at radius 1 is 1.40 bits per heavy atom. The van der Waals surface area contributed by atoms with E-state index in [-0.39, 0.29) is 0 Å². The summed E-state index contributed by atoms with van der Waals surface area (Å²) in [6, 6.07) is -0.426. The first-order valence-electron chi connectivity index (χ1n) is 5.39. The molecule has 4 heterocycles. The molecule has 0 saturated heterocycles. The van der Waals surface area contributed by atoms with E-state index in [1.807, 2.05) is 5.41 Å². The van der Waals surface area contributed by atoms with Crippen LogP contribution in [0, 0.1) is 0 Å². The minimum atomic E-state index is -0.426. The summed E-state index contributed by atoms with van der Waals surface area (Å²) < 4.78 is 8.65. The predicted octanol–water partition coefficient (Wildman–Crippen LogP) is 0.468. The first-order chi connectivity index (χ1) is 9.93. The Hall–Kier alpha value is -2.02. The van der Waals surface area contributed by atoms with Gasteiger partial charge in [0.05, 0.1) is 6.20 Å². The number of nitrogens with one attached hydrogen (secondary N) is 1. The molecule has 10 nitrogen and oxygen atoms in total. The second kappa shape index (κ2) is 4.82. The lowest BCUT2D eigenvalue weighted by molar-refractivity contribution is -0.274. The zero-order valence-corrected chi connectivity index (χ0v) is 11.3. The zero-order chi connectivity index (χ0) is 13.4. The van der Waals surface area contributed by atoms with Crippen molar-refractivity contribution in [3.05, 3.63) is 34.8 Å². The Labute approximate surface area is 120 Å². The van der Waals surface area contributed by atoms with Crippen molar-refractivity contribution in [1.29, 1.82) is 0 Å². The zero-order valence-electron chi connectivity index (χ0n) is 9.65. The summed E-state index contributed by atoms with van der Waals surface area (Å²) in [7, 11) is 0. The quantitative estimate of drug-likeness (QED) is 0.804. The largest absolute Gasteiger partial charge is 0.274 e. The number of hydrogen-bond donors (Lipinski definition) is 1. The molecule has 12 heteroatoms. The van der Waals surface area contributed by atoms with Crippen molar-refractivity contribution in [2.45, 2.75) is 6.04 Å². The molecule has 0 saturated carbocycles. The number of oxime groups is 1. The molecule has 20 heavy (non-hydrogen) atoms.